The van der Waals surface area contributed by atoms with E-state index in [1.807, 2.05) is 5.32 Å². The van der Waals surface area contributed by atoms with E-state index in [-0.39, 0.29) is 36.7 Å². The van der Waals surface area contributed by atoms with Crippen LogP contribution in [0, 0.1) is 0 Å². The molecule has 3 rings (SSSR count). The second-order valence-electron chi connectivity index (χ2n) is 7.69. The third-order valence-electron chi connectivity index (χ3n) is 5.32. The lowest BCUT2D eigenvalue weighted by molar-refractivity contribution is -0.131. The highest BCUT2D eigenvalue weighted by Crippen LogP contribution is 2.23. The molecular formula is C22H24F2N4O6S. The first-order valence-corrected chi connectivity index (χ1v) is 12.4. The SMILES string of the molecule is COc1ccc(N(Cc2ccc(C(=O)CNC(=O)C(F)F)cn2)C(=O)N2CCS(=O)(=O)CC2)cc1. The van der Waals surface area contributed by atoms with E-state index >= 15 is 0 Å². The number of hydrogen-bond donors (Lipinski definition) is 1. The minimum Gasteiger partial charge on any atom is -0.497 e. The van der Waals surface area contributed by atoms with Crippen LogP contribution in [0.4, 0.5) is 19.3 Å². The van der Waals surface area contributed by atoms with Gasteiger partial charge in [0.05, 0.1) is 37.4 Å². The summed E-state index contributed by atoms with van der Waals surface area (Å²) in [5.74, 6) is -1.79. The number of anilines is 1. The van der Waals surface area contributed by atoms with Gasteiger partial charge in [-0.25, -0.2) is 13.2 Å². The molecule has 1 saturated heterocycles. The van der Waals surface area contributed by atoms with Gasteiger partial charge in [0.2, 0.25) is 0 Å². The van der Waals surface area contributed by atoms with Crippen LogP contribution < -0.4 is 15.0 Å². The van der Waals surface area contributed by atoms with Gasteiger partial charge >= 0.3 is 12.5 Å². The van der Waals surface area contributed by atoms with Crippen molar-refractivity contribution in [1.29, 1.82) is 0 Å². The second kappa shape index (κ2) is 11.2. The molecule has 0 atom stereocenters. The number of nitrogens with zero attached hydrogens (tertiary/aromatic N) is 3. The summed E-state index contributed by atoms with van der Waals surface area (Å²) >= 11 is 0. The number of rotatable bonds is 8. The predicted molar refractivity (Wildman–Crippen MR) is 122 cm³/mol. The topological polar surface area (TPSA) is 126 Å². The number of pyridine rings is 1. The zero-order valence-electron chi connectivity index (χ0n) is 18.8. The summed E-state index contributed by atoms with van der Waals surface area (Å²) in [5, 5.41) is 1.84. The van der Waals surface area contributed by atoms with Crippen LogP contribution in [-0.4, -0.2) is 80.7 Å². The molecule has 1 aliphatic rings. The third-order valence-corrected chi connectivity index (χ3v) is 6.93. The second-order valence-corrected chi connectivity index (χ2v) is 9.99. The summed E-state index contributed by atoms with van der Waals surface area (Å²) in [6.07, 6.45) is -1.99. The van der Waals surface area contributed by atoms with Gasteiger partial charge in [0.1, 0.15) is 5.75 Å². The molecule has 2 aromatic rings. The van der Waals surface area contributed by atoms with E-state index in [1.54, 1.807) is 24.3 Å². The number of halogens is 2. The highest BCUT2D eigenvalue weighted by Gasteiger charge is 2.29. The van der Waals surface area contributed by atoms with E-state index in [1.165, 1.54) is 35.2 Å². The molecule has 1 aromatic heterocycles. The number of Topliss-reactive ketones (excluding diaryl/α,β-unsaturated/α-hetero) is 1. The Morgan fingerprint density at radius 2 is 1.77 bits per heavy atom. The summed E-state index contributed by atoms with van der Waals surface area (Å²) in [7, 11) is -1.66. The van der Waals surface area contributed by atoms with Crippen molar-refractivity contribution < 1.29 is 36.3 Å². The van der Waals surface area contributed by atoms with Crippen LogP contribution in [0.3, 0.4) is 0 Å². The first-order valence-electron chi connectivity index (χ1n) is 10.5. The molecule has 1 aliphatic heterocycles. The first-order chi connectivity index (χ1) is 16.6. The monoisotopic (exact) mass is 510 g/mol. The highest BCUT2D eigenvalue weighted by molar-refractivity contribution is 7.91. The summed E-state index contributed by atoms with van der Waals surface area (Å²) in [4.78, 5) is 43.4. The van der Waals surface area contributed by atoms with Crippen LogP contribution in [0.1, 0.15) is 16.1 Å². The lowest BCUT2D eigenvalue weighted by Crippen LogP contribution is -2.49. The Hall–Kier alpha value is -3.61. The fourth-order valence-corrected chi connectivity index (χ4v) is 4.50. The van der Waals surface area contributed by atoms with Gasteiger partial charge in [-0.15, -0.1) is 0 Å². The van der Waals surface area contributed by atoms with E-state index in [4.69, 9.17) is 4.74 Å². The maximum absolute atomic E-state index is 13.3. The summed E-state index contributed by atoms with van der Waals surface area (Å²) in [5.41, 5.74) is 1.06. The van der Waals surface area contributed by atoms with Crippen molar-refractivity contribution in [3.05, 3.63) is 53.9 Å². The van der Waals surface area contributed by atoms with Crippen molar-refractivity contribution in [1.82, 2.24) is 15.2 Å². The number of alkyl halides is 2. The Labute approximate surface area is 200 Å². The number of aromatic nitrogens is 1. The molecule has 0 unspecified atom stereocenters. The van der Waals surface area contributed by atoms with Gasteiger partial charge in [-0.2, -0.15) is 8.78 Å². The first kappa shape index (κ1) is 26.0. The minimum absolute atomic E-state index is 0.0189. The fraction of sp³-hybridized carbons (Fsp3) is 0.364. The van der Waals surface area contributed by atoms with E-state index in [0.29, 0.717) is 17.1 Å². The van der Waals surface area contributed by atoms with Crippen molar-refractivity contribution in [3.8, 4) is 5.75 Å². The number of urea groups is 1. The Bertz CT molecular complexity index is 1160. The molecule has 0 aliphatic carbocycles. The average molecular weight is 511 g/mol. The number of benzene rings is 1. The van der Waals surface area contributed by atoms with Crippen LogP contribution >= 0.6 is 0 Å². The molecule has 13 heteroatoms. The predicted octanol–water partition coefficient (Wildman–Crippen LogP) is 1.51. The fourth-order valence-electron chi connectivity index (χ4n) is 3.30. The largest absolute Gasteiger partial charge is 0.497 e. The van der Waals surface area contributed by atoms with E-state index in [0.717, 1.165) is 0 Å². The molecule has 3 amide bonds. The number of amides is 3. The smallest absolute Gasteiger partial charge is 0.324 e. The van der Waals surface area contributed by atoms with Crippen molar-refractivity contribution in [3.63, 3.8) is 0 Å². The van der Waals surface area contributed by atoms with Crippen LogP contribution in [0.2, 0.25) is 0 Å². The molecule has 2 heterocycles. The molecule has 10 nitrogen and oxygen atoms in total. The van der Waals surface area contributed by atoms with Gasteiger partial charge in [0.25, 0.3) is 5.91 Å². The standard InChI is InChI=1S/C22H24F2N4O6S/c1-34-18-6-4-17(5-7-18)28(22(31)27-8-10-35(32,33)11-9-27)14-16-3-2-15(12-25-16)19(29)13-26-21(30)20(23)24/h2-7,12,20H,8-11,13-14H2,1H3,(H,26,30). The van der Waals surface area contributed by atoms with Gasteiger partial charge in [-0.3, -0.25) is 19.5 Å². The Morgan fingerprint density at radius 1 is 1.11 bits per heavy atom. The minimum atomic E-state index is -3.22. The lowest BCUT2D eigenvalue weighted by atomic mass is 10.1. The van der Waals surface area contributed by atoms with Gasteiger partial charge < -0.3 is 15.0 Å². The number of nitrogens with one attached hydrogen (secondary N) is 1. The number of methoxy groups -OCH3 is 1. The zero-order valence-corrected chi connectivity index (χ0v) is 19.6. The molecule has 1 N–H and O–H groups in total. The normalized spacial score (nSPS) is 14.9. The van der Waals surface area contributed by atoms with E-state index in [2.05, 4.69) is 4.98 Å². The third kappa shape index (κ3) is 6.94. The van der Waals surface area contributed by atoms with Crippen molar-refractivity contribution >= 4 is 33.2 Å². The molecular weight excluding hydrogens is 486 g/mol. The summed E-state index contributed by atoms with van der Waals surface area (Å²) < 4.78 is 53.2. The number of carbonyl (C=O) groups excluding carboxylic acids is 3. The van der Waals surface area contributed by atoms with Gasteiger partial charge in [0.15, 0.2) is 15.6 Å². The lowest BCUT2D eigenvalue weighted by Gasteiger charge is -2.33. The molecule has 35 heavy (non-hydrogen) atoms. The van der Waals surface area contributed by atoms with Gasteiger partial charge in [-0.1, -0.05) is 0 Å². The Kier molecular flexibility index (Phi) is 8.33. The molecule has 188 valence electrons. The zero-order chi connectivity index (χ0) is 25.6. The molecule has 0 bridgehead atoms. The van der Waals surface area contributed by atoms with Crippen molar-refractivity contribution in [2.45, 2.75) is 13.0 Å². The molecule has 1 aromatic carbocycles. The molecule has 0 spiro atoms. The maximum Gasteiger partial charge on any atom is 0.324 e. The molecule has 0 saturated carbocycles. The average Bonchev–Trinajstić information content (AvgIpc) is 2.85. The maximum atomic E-state index is 13.3. The van der Waals surface area contributed by atoms with Gasteiger partial charge in [-0.05, 0) is 36.4 Å². The summed E-state index contributed by atoms with van der Waals surface area (Å²) in [6.45, 7) is -0.443. The Morgan fingerprint density at radius 3 is 2.31 bits per heavy atom. The van der Waals surface area contributed by atoms with Crippen LogP contribution in [0.5, 0.6) is 5.75 Å². The molecule has 0 radical (unpaired) electrons. The van der Waals surface area contributed by atoms with Crippen molar-refractivity contribution in [2.24, 2.45) is 0 Å². The van der Waals surface area contributed by atoms with Gasteiger partial charge in [0, 0.05) is 30.5 Å². The quantitative estimate of drug-likeness (QED) is 0.534. The van der Waals surface area contributed by atoms with Crippen LogP contribution in [0.25, 0.3) is 0 Å². The highest BCUT2D eigenvalue weighted by atomic mass is 32.2. The van der Waals surface area contributed by atoms with Crippen LogP contribution in [0.15, 0.2) is 42.6 Å². The number of sulfone groups is 1. The Balaban J connectivity index is 1.76. The number of ether oxygens (including phenoxy) is 1. The number of ketones is 1. The molecule has 1 fully saturated rings. The number of hydrogen-bond acceptors (Lipinski definition) is 7. The van der Waals surface area contributed by atoms with Crippen LogP contribution in [-0.2, 0) is 21.2 Å². The van der Waals surface area contributed by atoms with Crippen molar-refractivity contribution in [2.75, 3.05) is 43.1 Å². The number of carbonyl (C=O) groups is 3. The summed E-state index contributed by atoms with van der Waals surface area (Å²) in [6, 6.07) is 9.25. The van der Waals surface area contributed by atoms with E-state index < -0.39 is 40.5 Å². The van der Waals surface area contributed by atoms with E-state index in [9.17, 15) is 31.6 Å².